The van der Waals surface area contributed by atoms with Gasteiger partial charge in [0.05, 0.1) is 4.88 Å². The van der Waals surface area contributed by atoms with Crippen LogP contribution in [0.25, 0.3) is 10.6 Å². The molecule has 1 N–H and O–H groups in total. The summed E-state index contributed by atoms with van der Waals surface area (Å²) in [6, 6.07) is 3.26. The number of amides is 1. The summed E-state index contributed by atoms with van der Waals surface area (Å²) in [4.78, 5) is 12.0. The van der Waals surface area contributed by atoms with E-state index in [-0.39, 0.29) is 26.7 Å². The zero-order chi connectivity index (χ0) is 24.1. The summed E-state index contributed by atoms with van der Waals surface area (Å²) in [5.74, 6) is -1.58. The maximum Gasteiger partial charge on any atom is 0.452 e. The van der Waals surface area contributed by atoms with Gasteiger partial charge in [-0.05, 0) is 58.7 Å². The molecule has 3 heterocycles. The summed E-state index contributed by atoms with van der Waals surface area (Å²) in [6.07, 6.45) is -2.75. The van der Waals surface area contributed by atoms with Gasteiger partial charge in [-0.15, -0.1) is 11.3 Å². The number of hydrogen-bond acceptors (Lipinski definition) is 6. The third-order valence-electron chi connectivity index (χ3n) is 5.24. The Hall–Kier alpha value is -2.18. The number of sulfonamides is 1. The molecule has 1 amide bonds. The van der Waals surface area contributed by atoms with E-state index >= 15 is 0 Å². The van der Waals surface area contributed by atoms with Crippen molar-refractivity contribution in [3.8, 4) is 10.6 Å². The first kappa shape index (κ1) is 24.5. The first-order valence-electron chi connectivity index (χ1n) is 9.70. The third kappa shape index (κ3) is 4.62. The molecule has 3 rings (SSSR count). The minimum Gasteiger partial charge on any atom is -0.351 e. The minimum atomic E-state index is -4.68. The monoisotopic (exact) mass is 491 g/mol. The lowest BCUT2D eigenvalue weighted by molar-refractivity contribution is -0.155. The number of nitrogens with one attached hydrogen (secondary N) is 1. The summed E-state index contributed by atoms with van der Waals surface area (Å²) in [7, 11) is -4.01. The minimum absolute atomic E-state index is 0.0150. The van der Waals surface area contributed by atoms with Gasteiger partial charge in [-0.25, -0.2) is 8.42 Å². The molecule has 0 bridgehead atoms. The maximum atomic E-state index is 13.6. The average molecular weight is 492 g/mol. The lowest BCUT2D eigenvalue weighted by atomic mass is 9.79. The van der Waals surface area contributed by atoms with Crippen LogP contribution < -0.4 is 5.32 Å². The van der Waals surface area contributed by atoms with Gasteiger partial charge in [-0.3, -0.25) is 4.79 Å². The Bertz CT molecular complexity index is 1120. The van der Waals surface area contributed by atoms with E-state index in [2.05, 4.69) is 21.6 Å². The number of halogens is 3. The Balaban J connectivity index is 1.93. The topological polar surface area (TPSA) is 92.5 Å². The van der Waals surface area contributed by atoms with Crippen molar-refractivity contribution >= 4 is 27.3 Å². The van der Waals surface area contributed by atoms with Crippen LogP contribution in [0.4, 0.5) is 13.2 Å². The highest BCUT2D eigenvalue weighted by molar-refractivity contribution is 7.91. The van der Waals surface area contributed by atoms with Crippen molar-refractivity contribution in [3.63, 3.8) is 0 Å². The lowest BCUT2D eigenvalue weighted by Gasteiger charge is -2.53. The lowest BCUT2D eigenvalue weighted by Crippen LogP contribution is -2.65. The molecule has 0 atom stereocenters. The maximum absolute atomic E-state index is 13.6. The fourth-order valence-corrected chi connectivity index (χ4v) is 7.96. The predicted octanol–water partition coefficient (Wildman–Crippen LogP) is 4.43. The van der Waals surface area contributed by atoms with Gasteiger partial charge < -0.3 is 9.84 Å². The first-order valence-corrected chi connectivity index (χ1v) is 12.0. The smallest absolute Gasteiger partial charge is 0.351 e. The SMILES string of the molecule is C=CC(=O)NC1CC(C)(C)N(S(=O)(=O)c2ccc(-c3cc(C(F)(F)F)on3)s2)C(C)(C)C1. The third-order valence-corrected chi connectivity index (χ3v) is 9.14. The van der Waals surface area contributed by atoms with Crippen molar-refractivity contribution in [1.29, 1.82) is 0 Å². The molecule has 32 heavy (non-hydrogen) atoms. The van der Waals surface area contributed by atoms with Gasteiger partial charge in [0.15, 0.2) is 0 Å². The van der Waals surface area contributed by atoms with E-state index in [0.29, 0.717) is 12.8 Å². The summed E-state index contributed by atoms with van der Waals surface area (Å²) < 4.78 is 71.4. The fraction of sp³-hybridized carbons (Fsp3) is 0.500. The van der Waals surface area contributed by atoms with Gasteiger partial charge in [0.2, 0.25) is 11.7 Å². The van der Waals surface area contributed by atoms with E-state index in [1.807, 2.05) is 0 Å². The van der Waals surface area contributed by atoms with Gasteiger partial charge in [-0.1, -0.05) is 11.7 Å². The van der Waals surface area contributed by atoms with Crippen molar-refractivity contribution in [1.82, 2.24) is 14.8 Å². The first-order chi connectivity index (χ1) is 14.6. The Morgan fingerprint density at radius 3 is 2.38 bits per heavy atom. The molecule has 0 aromatic carbocycles. The summed E-state index contributed by atoms with van der Waals surface area (Å²) in [5.41, 5.74) is -1.78. The number of thiophene rings is 1. The summed E-state index contributed by atoms with van der Waals surface area (Å²) in [5, 5.41) is 6.27. The molecule has 1 fully saturated rings. The van der Waals surface area contributed by atoms with Gasteiger partial charge in [-0.2, -0.15) is 17.5 Å². The molecule has 1 saturated heterocycles. The molecule has 1 aliphatic rings. The van der Waals surface area contributed by atoms with E-state index in [9.17, 15) is 26.4 Å². The molecule has 1 aliphatic heterocycles. The molecule has 176 valence electrons. The predicted molar refractivity (Wildman–Crippen MR) is 113 cm³/mol. The standard InChI is InChI=1S/C20H24F3N3O4S2/c1-6-16(27)24-12-10-18(2,3)26(19(4,5)11-12)32(28,29)17-8-7-14(31-17)13-9-15(30-25-13)20(21,22)23/h6-9,12H,1,10-11H2,2-5H3,(H,24,27). The number of alkyl halides is 3. The highest BCUT2D eigenvalue weighted by Crippen LogP contribution is 2.44. The van der Waals surface area contributed by atoms with Crippen molar-refractivity contribution in [2.24, 2.45) is 0 Å². The Labute approximate surface area is 188 Å². The van der Waals surface area contributed by atoms with Gasteiger partial charge in [0, 0.05) is 23.2 Å². The average Bonchev–Trinajstić information content (AvgIpc) is 3.28. The Morgan fingerprint density at radius 1 is 1.28 bits per heavy atom. The van der Waals surface area contributed by atoms with E-state index in [0.717, 1.165) is 17.4 Å². The zero-order valence-electron chi connectivity index (χ0n) is 18.0. The van der Waals surface area contributed by atoms with Gasteiger partial charge in [0.25, 0.3) is 10.0 Å². The van der Waals surface area contributed by atoms with Crippen LogP contribution in [0, 0.1) is 0 Å². The number of rotatable bonds is 5. The van der Waals surface area contributed by atoms with Crippen molar-refractivity contribution < 1.29 is 30.9 Å². The second-order valence-corrected chi connectivity index (χ2v) is 12.0. The number of piperidine rings is 1. The van der Waals surface area contributed by atoms with Crippen molar-refractivity contribution in [2.75, 3.05) is 0 Å². The number of nitrogens with zero attached hydrogens (tertiary/aromatic N) is 2. The summed E-state index contributed by atoms with van der Waals surface area (Å²) >= 11 is 0.825. The van der Waals surface area contributed by atoms with E-state index in [1.54, 1.807) is 27.7 Å². The van der Waals surface area contributed by atoms with Crippen molar-refractivity contribution in [2.45, 2.75) is 68.0 Å². The quantitative estimate of drug-likeness (QED) is 0.625. The molecule has 2 aromatic heterocycles. The largest absolute Gasteiger partial charge is 0.452 e. The Morgan fingerprint density at radius 2 is 1.88 bits per heavy atom. The van der Waals surface area contributed by atoms with Crippen LogP contribution in [0.1, 0.15) is 46.3 Å². The highest BCUT2D eigenvalue weighted by Gasteiger charge is 2.52. The molecule has 0 spiro atoms. The van der Waals surface area contributed by atoms with Crippen molar-refractivity contribution in [3.05, 3.63) is 36.6 Å². The van der Waals surface area contributed by atoms with Gasteiger partial charge >= 0.3 is 6.18 Å². The normalized spacial score (nSPS) is 19.6. The van der Waals surface area contributed by atoms with Crippen LogP contribution in [0.3, 0.4) is 0 Å². The van der Waals surface area contributed by atoms with Crippen LogP contribution in [-0.2, 0) is 21.0 Å². The second-order valence-electron chi connectivity index (χ2n) is 8.91. The van der Waals surface area contributed by atoms with Gasteiger partial charge in [0.1, 0.15) is 9.90 Å². The summed E-state index contributed by atoms with van der Waals surface area (Å²) in [6.45, 7) is 10.6. The molecule has 0 aliphatic carbocycles. The number of carbonyl (C=O) groups excluding carboxylic acids is 1. The number of aromatic nitrogens is 1. The Kier molecular flexibility index (Phi) is 6.11. The second kappa shape index (κ2) is 7.99. The molecule has 2 aromatic rings. The molecular weight excluding hydrogens is 467 g/mol. The van der Waals surface area contributed by atoms with Crippen LogP contribution in [-0.4, -0.2) is 40.9 Å². The van der Waals surface area contributed by atoms with Crippen LogP contribution in [0.15, 0.2) is 39.6 Å². The van der Waals surface area contributed by atoms with Crippen LogP contribution in [0.5, 0.6) is 0 Å². The molecular formula is C20H24F3N3O4S2. The fourth-order valence-electron chi connectivity index (χ4n) is 4.49. The molecule has 0 unspecified atom stereocenters. The number of hydrogen-bond donors (Lipinski definition) is 1. The molecule has 0 saturated carbocycles. The number of carbonyl (C=O) groups is 1. The zero-order valence-corrected chi connectivity index (χ0v) is 19.6. The molecule has 0 radical (unpaired) electrons. The van der Waals surface area contributed by atoms with E-state index < -0.39 is 33.0 Å². The molecule has 7 nitrogen and oxygen atoms in total. The van der Waals surface area contributed by atoms with E-state index in [1.165, 1.54) is 22.5 Å². The van der Waals surface area contributed by atoms with E-state index in [4.69, 9.17) is 0 Å². The molecule has 12 heteroatoms. The van der Waals surface area contributed by atoms with Crippen LogP contribution in [0.2, 0.25) is 0 Å². The van der Waals surface area contributed by atoms with Crippen LogP contribution >= 0.6 is 11.3 Å². The highest BCUT2D eigenvalue weighted by atomic mass is 32.2.